The first-order valence-electron chi connectivity index (χ1n) is 7.63. The number of ether oxygens (including phenoxy) is 1. The zero-order valence-corrected chi connectivity index (χ0v) is 12.7. The smallest absolute Gasteiger partial charge is 0.308 e. The lowest BCUT2D eigenvalue weighted by Gasteiger charge is -2.07. The van der Waals surface area contributed by atoms with E-state index in [4.69, 9.17) is 4.74 Å². The van der Waals surface area contributed by atoms with Gasteiger partial charge in [-0.1, -0.05) is 45.4 Å². The summed E-state index contributed by atoms with van der Waals surface area (Å²) in [6.07, 6.45) is 9.54. The number of unbranched alkanes of at least 4 members (excludes halogenated alkanes) is 6. The second-order valence-corrected chi connectivity index (χ2v) is 5.26. The number of carbonyl (C=O) groups is 1. The van der Waals surface area contributed by atoms with Crippen molar-refractivity contribution >= 4 is 5.97 Å². The Morgan fingerprint density at radius 1 is 1.10 bits per heavy atom. The maximum atomic E-state index is 10.9. The Morgan fingerprint density at radius 3 is 2.40 bits per heavy atom. The van der Waals surface area contributed by atoms with Gasteiger partial charge in [0, 0.05) is 6.92 Å². The predicted molar refractivity (Wildman–Crippen MR) is 81.1 cm³/mol. The van der Waals surface area contributed by atoms with Crippen LogP contribution in [0.4, 0.5) is 0 Å². The molecule has 0 heterocycles. The monoisotopic (exact) mass is 278 g/mol. The molecule has 0 atom stereocenters. The second-order valence-electron chi connectivity index (χ2n) is 5.26. The number of carbonyl (C=O) groups excluding carboxylic acids is 1. The summed E-state index contributed by atoms with van der Waals surface area (Å²) in [5.41, 5.74) is 0.859. The molecule has 0 bridgehead atoms. The first kappa shape index (κ1) is 16.5. The molecule has 0 saturated heterocycles. The maximum absolute atomic E-state index is 10.9. The minimum atomic E-state index is -0.336. The van der Waals surface area contributed by atoms with Gasteiger partial charge in [-0.3, -0.25) is 4.79 Å². The molecule has 0 aliphatic rings. The Balaban J connectivity index is 2.33. The summed E-state index contributed by atoms with van der Waals surface area (Å²) < 4.78 is 5.03. The number of hydrogen-bond donors (Lipinski definition) is 1. The molecule has 0 saturated carbocycles. The van der Waals surface area contributed by atoms with Gasteiger partial charge >= 0.3 is 5.97 Å². The van der Waals surface area contributed by atoms with Gasteiger partial charge in [0.1, 0.15) is 11.5 Å². The summed E-state index contributed by atoms with van der Waals surface area (Å²) in [6, 6.07) is 4.97. The van der Waals surface area contributed by atoms with Crippen molar-refractivity contribution < 1.29 is 14.6 Å². The van der Waals surface area contributed by atoms with E-state index in [9.17, 15) is 9.90 Å². The fourth-order valence-electron chi connectivity index (χ4n) is 2.26. The number of aromatic hydroxyl groups is 1. The number of phenolic OH excluding ortho intramolecular Hbond substituents is 1. The lowest BCUT2D eigenvalue weighted by atomic mass is 10.0. The summed E-state index contributed by atoms with van der Waals surface area (Å²) >= 11 is 0. The fourth-order valence-corrected chi connectivity index (χ4v) is 2.26. The summed E-state index contributed by atoms with van der Waals surface area (Å²) in [5.74, 6) is 0.456. The molecular weight excluding hydrogens is 252 g/mol. The molecule has 0 unspecified atom stereocenters. The van der Waals surface area contributed by atoms with Crippen molar-refractivity contribution in [2.45, 2.75) is 65.2 Å². The predicted octanol–water partition coefficient (Wildman–Crippen LogP) is 4.61. The fraction of sp³-hybridized carbons (Fsp3) is 0.588. The third-order valence-electron chi connectivity index (χ3n) is 3.36. The third-order valence-corrected chi connectivity index (χ3v) is 3.36. The quantitative estimate of drug-likeness (QED) is 0.407. The minimum absolute atomic E-state index is 0.284. The number of esters is 1. The third kappa shape index (κ3) is 6.60. The van der Waals surface area contributed by atoms with Gasteiger partial charge in [-0.05, 0) is 36.6 Å². The van der Waals surface area contributed by atoms with Crippen LogP contribution in [0.5, 0.6) is 11.5 Å². The highest BCUT2D eigenvalue weighted by Crippen LogP contribution is 2.25. The average Bonchev–Trinajstić information content (AvgIpc) is 2.40. The molecule has 0 aromatic heterocycles. The van der Waals surface area contributed by atoms with E-state index in [-0.39, 0.29) is 11.7 Å². The van der Waals surface area contributed by atoms with Crippen molar-refractivity contribution in [3.05, 3.63) is 23.8 Å². The topological polar surface area (TPSA) is 46.5 Å². The molecule has 20 heavy (non-hydrogen) atoms. The van der Waals surface area contributed by atoms with Gasteiger partial charge in [0.05, 0.1) is 0 Å². The first-order valence-corrected chi connectivity index (χ1v) is 7.63. The molecule has 0 radical (unpaired) electrons. The summed E-state index contributed by atoms with van der Waals surface area (Å²) in [5, 5.41) is 9.80. The lowest BCUT2D eigenvalue weighted by Crippen LogP contribution is -2.01. The van der Waals surface area contributed by atoms with Gasteiger partial charge in [-0.2, -0.15) is 0 Å². The molecule has 1 aromatic carbocycles. The lowest BCUT2D eigenvalue weighted by molar-refractivity contribution is -0.131. The largest absolute Gasteiger partial charge is 0.508 e. The van der Waals surface area contributed by atoms with Gasteiger partial charge in [-0.15, -0.1) is 0 Å². The first-order chi connectivity index (χ1) is 9.63. The van der Waals surface area contributed by atoms with E-state index in [0.717, 1.165) is 18.4 Å². The molecule has 0 spiro atoms. The van der Waals surface area contributed by atoms with E-state index in [2.05, 4.69) is 6.92 Å². The number of phenols is 1. The van der Waals surface area contributed by atoms with E-state index < -0.39 is 0 Å². The van der Waals surface area contributed by atoms with E-state index in [1.54, 1.807) is 18.2 Å². The summed E-state index contributed by atoms with van der Waals surface area (Å²) in [7, 11) is 0. The van der Waals surface area contributed by atoms with Crippen LogP contribution in [0.2, 0.25) is 0 Å². The van der Waals surface area contributed by atoms with Gasteiger partial charge in [0.2, 0.25) is 0 Å². The van der Waals surface area contributed by atoms with Crippen LogP contribution in [0.1, 0.15) is 64.4 Å². The van der Waals surface area contributed by atoms with E-state index in [1.165, 1.54) is 45.4 Å². The zero-order valence-electron chi connectivity index (χ0n) is 12.7. The van der Waals surface area contributed by atoms with E-state index in [1.807, 2.05) is 0 Å². The standard InChI is InChI=1S/C17H26O3/c1-3-4-5-6-7-8-9-10-15-13-16(20-14(2)18)11-12-17(15)19/h11-13,19H,3-10H2,1-2H3. The Hall–Kier alpha value is -1.51. The molecule has 0 fully saturated rings. The molecule has 1 aromatic rings. The highest BCUT2D eigenvalue weighted by Gasteiger charge is 2.05. The normalized spacial score (nSPS) is 10.5. The van der Waals surface area contributed by atoms with Gasteiger partial charge < -0.3 is 9.84 Å². The molecule has 0 aliphatic carbocycles. The van der Waals surface area contributed by atoms with Crippen molar-refractivity contribution in [3.8, 4) is 11.5 Å². The summed E-state index contributed by atoms with van der Waals surface area (Å²) in [6.45, 7) is 3.60. The van der Waals surface area contributed by atoms with Crippen LogP contribution in [0.3, 0.4) is 0 Å². The number of benzene rings is 1. The van der Waals surface area contributed by atoms with Crippen LogP contribution < -0.4 is 4.74 Å². The van der Waals surface area contributed by atoms with Crippen molar-refractivity contribution in [1.82, 2.24) is 0 Å². The Morgan fingerprint density at radius 2 is 1.75 bits per heavy atom. The number of hydrogen-bond acceptors (Lipinski definition) is 3. The Labute approximate surface area is 122 Å². The second kappa shape index (κ2) is 9.40. The van der Waals surface area contributed by atoms with E-state index >= 15 is 0 Å². The summed E-state index contributed by atoms with van der Waals surface area (Å²) in [4.78, 5) is 10.9. The van der Waals surface area contributed by atoms with Crippen LogP contribution in [-0.2, 0) is 11.2 Å². The number of rotatable bonds is 9. The van der Waals surface area contributed by atoms with Crippen molar-refractivity contribution in [1.29, 1.82) is 0 Å². The Bertz CT molecular complexity index is 413. The zero-order chi connectivity index (χ0) is 14.8. The molecule has 0 amide bonds. The van der Waals surface area contributed by atoms with Crippen LogP contribution in [-0.4, -0.2) is 11.1 Å². The molecule has 3 nitrogen and oxygen atoms in total. The molecule has 3 heteroatoms. The number of aryl methyl sites for hydroxylation is 1. The Kier molecular flexibility index (Phi) is 7.78. The molecule has 0 aliphatic heterocycles. The van der Waals surface area contributed by atoms with Gasteiger partial charge in [-0.25, -0.2) is 0 Å². The van der Waals surface area contributed by atoms with Crippen molar-refractivity contribution in [2.75, 3.05) is 0 Å². The van der Waals surface area contributed by atoms with Gasteiger partial charge in [0.25, 0.3) is 0 Å². The average molecular weight is 278 g/mol. The highest BCUT2D eigenvalue weighted by atomic mass is 16.5. The van der Waals surface area contributed by atoms with Crippen molar-refractivity contribution in [2.24, 2.45) is 0 Å². The molecule has 1 rings (SSSR count). The molecular formula is C17H26O3. The molecule has 112 valence electrons. The maximum Gasteiger partial charge on any atom is 0.308 e. The van der Waals surface area contributed by atoms with Crippen LogP contribution in [0.25, 0.3) is 0 Å². The van der Waals surface area contributed by atoms with Crippen LogP contribution >= 0.6 is 0 Å². The minimum Gasteiger partial charge on any atom is -0.508 e. The van der Waals surface area contributed by atoms with E-state index in [0.29, 0.717) is 5.75 Å². The van der Waals surface area contributed by atoms with Crippen LogP contribution in [0.15, 0.2) is 18.2 Å². The van der Waals surface area contributed by atoms with Crippen LogP contribution in [0, 0.1) is 0 Å². The SMILES string of the molecule is CCCCCCCCCc1cc(OC(C)=O)ccc1O. The highest BCUT2D eigenvalue weighted by molar-refractivity contribution is 5.69. The molecule has 1 N–H and O–H groups in total. The van der Waals surface area contributed by atoms with Gasteiger partial charge in [0.15, 0.2) is 0 Å². The van der Waals surface area contributed by atoms with Crippen molar-refractivity contribution in [3.63, 3.8) is 0 Å².